The van der Waals surface area contributed by atoms with Crippen LogP contribution in [0.2, 0.25) is 5.02 Å². The van der Waals surface area contributed by atoms with Crippen LogP contribution in [-0.2, 0) is 0 Å². The lowest BCUT2D eigenvalue weighted by Gasteiger charge is -2.09. The number of rotatable bonds is 4. The first-order chi connectivity index (χ1) is 13.9. The summed E-state index contributed by atoms with van der Waals surface area (Å²) in [5, 5.41) is 0.947. The minimum atomic E-state index is -0.648. The Balaban J connectivity index is 1.63. The molecule has 0 unspecified atom stereocenters. The lowest BCUT2D eigenvalue weighted by Crippen LogP contribution is -2.08. The van der Waals surface area contributed by atoms with Gasteiger partial charge in [0.25, 0.3) is 0 Å². The summed E-state index contributed by atoms with van der Waals surface area (Å²) < 4.78 is 21.5. The van der Waals surface area contributed by atoms with Crippen LogP contribution in [-0.4, -0.2) is 5.97 Å². The fourth-order valence-electron chi connectivity index (χ4n) is 2.87. The molecule has 0 aliphatic heterocycles. The molecule has 0 N–H and O–H groups in total. The SMILES string of the molecule is Cc1cc(Oc2coc3cc(OC(=O)c4ccco4)ccc3c2=O)cc(C)c1Cl. The smallest absolute Gasteiger partial charge is 0.379 e. The summed E-state index contributed by atoms with van der Waals surface area (Å²) in [6.07, 6.45) is 2.60. The van der Waals surface area contributed by atoms with Crippen LogP contribution in [0, 0.1) is 13.8 Å². The van der Waals surface area contributed by atoms with Crippen LogP contribution in [0.15, 0.2) is 68.6 Å². The van der Waals surface area contributed by atoms with Crippen molar-refractivity contribution in [3.63, 3.8) is 0 Å². The highest BCUT2D eigenvalue weighted by Crippen LogP contribution is 2.29. The van der Waals surface area contributed by atoms with Crippen LogP contribution >= 0.6 is 11.6 Å². The Morgan fingerprint density at radius 2 is 1.76 bits per heavy atom. The van der Waals surface area contributed by atoms with Crippen molar-refractivity contribution in [3.8, 4) is 17.2 Å². The Kier molecular flexibility index (Phi) is 4.86. The summed E-state index contributed by atoms with van der Waals surface area (Å²) in [6, 6.07) is 11.0. The fourth-order valence-corrected chi connectivity index (χ4v) is 2.98. The van der Waals surface area contributed by atoms with Gasteiger partial charge in [-0.05, 0) is 61.4 Å². The third-order valence-corrected chi connectivity index (χ3v) is 4.88. The Hall–Kier alpha value is -3.51. The normalized spacial score (nSPS) is 10.9. The van der Waals surface area contributed by atoms with Gasteiger partial charge in [-0.3, -0.25) is 4.79 Å². The van der Waals surface area contributed by atoms with E-state index >= 15 is 0 Å². The number of hydrogen-bond donors (Lipinski definition) is 0. The molecule has 0 amide bonds. The number of carbonyl (C=O) groups excluding carboxylic acids is 1. The molecule has 2 heterocycles. The van der Waals surface area contributed by atoms with E-state index in [4.69, 9.17) is 29.9 Å². The molecule has 0 atom stereocenters. The number of hydrogen-bond acceptors (Lipinski definition) is 6. The second-order valence-electron chi connectivity index (χ2n) is 6.43. The summed E-state index contributed by atoms with van der Waals surface area (Å²) in [5.41, 5.74) is 1.60. The first kappa shape index (κ1) is 18.8. The molecule has 2 aromatic heterocycles. The van der Waals surface area contributed by atoms with E-state index in [1.807, 2.05) is 13.8 Å². The number of esters is 1. The number of aryl methyl sites for hydroxylation is 2. The Bertz CT molecular complexity index is 1250. The molecule has 0 fully saturated rings. The summed E-state index contributed by atoms with van der Waals surface area (Å²) in [4.78, 5) is 24.7. The zero-order valence-corrected chi connectivity index (χ0v) is 16.3. The standard InChI is InChI=1S/C22H15ClO6/c1-12-8-15(9-13(2)20(12)23)28-19-11-27-18-10-14(5-6-16(18)21(19)24)29-22(25)17-4-3-7-26-17/h3-11H,1-2H3. The predicted molar refractivity (Wildman–Crippen MR) is 107 cm³/mol. The zero-order valence-electron chi connectivity index (χ0n) is 15.5. The molecular formula is C22H15ClO6. The molecule has 0 radical (unpaired) electrons. The molecule has 4 aromatic rings. The summed E-state index contributed by atoms with van der Waals surface area (Å²) in [7, 11) is 0. The largest absolute Gasteiger partial charge is 0.460 e. The maximum absolute atomic E-state index is 12.8. The monoisotopic (exact) mass is 410 g/mol. The highest BCUT2D eigenvalue weighted by molar-refractivity contribution is 6.32. The van der Waals surface area contributed by atoms with Gasteiger partial charge in [0.2, 0.25) is 16.9 Å². The van der Waals surface area contributed by atoms with Gasteiger partial charge < -0.3 is 18.3 Å². The molecule has 2 aromatic carbocycles. The van der Waals surface area contributed by atoms with Crippen LogP contribution in [0.1, 0.15) is 21.7 Å². The molecule has 6 nitrogen and oxygen atoms in total. The summed E-state index contributed by atoms with van der Waals surface area (Å²) in [6.45, 7) is 3.72. The van der Waals surface area contributed by atoms with E-state index in [1.54, 1.807) is 18.2 Å². The Labute approximate surface area is 170 Å². The van der Waals surface area contributed by atoms with Crippen molar-refractivity contribution in [1.82, 2.24) is 0 Å². The number of ether oxygens (including phenoxy) is 2. The van der Waals surface area contributed by atoms with Crippen LogP contribution in [0.4, 0.5) is 0 Å². The molecule has 0 aliphatic carbocycles. The highest BCUT2D eigenvalue weighted by atomic mass is 35.5. The van der Waals surface area contributed by atoms with Crippen molar-refractivity contribution in [2.24, 2.45) is 0 Å². The Morgan fingerprint density at radius 3 is 2.45 bits per heavy atom. The van der Waals surface area contributed by atoms with E-state index in [0.29, 0.717) is 16.2 Å². The number of carbonyl (C=O) groups is 1. The molecule has 0 bridgehead atoms. The van der Waals surface area contributed by atoms with Crippen molar-refractivity contribution >= 4 is 28.5 Å². The molecule has 4 rings (SSSR count). The fraction of sp³-hybridized carbons (Fsp3) is 0.0909. The van der Waals surface area contributed by atoms with Gasteiger partial charge in [-0.15, -0.1) is 0 Å². The van der Waals surface area contributed by atoms with Crippen molar-refractivity contribution in [2.75, 3.05) is 0 Å². The molecular weight excluding hydrogens is 396 g/mol. The summed E-state index contributed by atoms with van der Waals surface area (Å²) >= 11 is 6.17. The second-order valence-corrected chi connectivity index (χ2v) is 6.80. The van der Waals surface area contributed by atoms with E-state index in [9.17, 15) is 9.59 Å². The van der Waals surface area contributed by atoms with Gasteiger partial charge in [-0.1, -0.05) is 11.6 Å². The minimum Gasteiger partial charge on any atom is -0.460 e. The van der Waals surface area contributed by atoms with Crippen molar-refractivity contribution in [3.05, 3.63) is 87.1 Å². The molecule has 29 heavy (non-hydrogen) atoms. The van der Waals surface area contributed by atoms with Gasteiger partial charge in [0, 0.05) is 11.1 Å². The van der Waals surface area contributed by atoms with Crippen LogP contribution in [0.5, 0.6) is 17.2 Å². The predicted octanol–water partition coefficient (Wildman–Crippen LogP) is 5.67. The number of halogens is 1. The molecule has 0 aliphatic rings. The molecule has 7 heteroatoms. The van der Waals surface area contributed by atoms with Gasteiger partial charge in [-0.2, -0.15) is 0 Å². The van der Waals surface area contributed by atoms with Crippen LogP contribution in [0.25, 0.3) is 11.0 Å². The van der Waals surface area contributed by atoms with E-state index in [1.165, 1.54) is 36.8 Å². The number of fused-ring (bicyclic) bond motifs is 1. The van der Waals surface area contributed by atoms with E-state index < -0.39 is 5.97 Å². The Morgan fingerprint density at radius 1 is 1.00 bits per heavy atom. The minimum absolute atomic E-state index is 0.0407. The number of furan rings is 1. The van der Waals surface area contributed by atoms with Crippen molar-refractivity contribution < 1.29 is 23.1 Å². The lowest BCUT2D eigenvalue weighted by molar-refractivity contribution is 0.0701. The van der Waals surface area contributed by atoms with Gasteiger partial charge in [0.05, 0.1) is 11.6 Å². The van der Waals surface area contributed by atoms with Crippen molar-refractivity contribution in [2.45, 2.75) is 13.8 Å². The molecule has 0 saturated heterocycles. The van der Waals surface area contributed by atoms with Crippen LogP contribution in [0.3, 0.4) is 0 Å². The van der Waals surface area contributed by atoms with Gasteiger partial charge in [0.1, 0.15) is 23.3 Å². The maximum Gasteiger partial charge on any atom is 0.379 e. The maximum atomic E-state index is 12.8. The van der Waals surface area contributed by atoms with E-state index in [-0.39, 0.29) is 28.3 Å². The molecule has 146 valence electrons. The van der Waals surface area contributed by atoms with Crippen LogP contribution < -0.4 is 14.9 Å². The third kappa shape index (κ3) is 3.75. The van der Waals surface area contributed by atoms with Gasteiger partial charge >= 0.3 is 5.97 Å². The second kappa shape index (κ2) is 7.48. The summed E-state index contributed by atoms with van der Waals surface area (Å²) in [5.74, 6) is 0.174. The molecule has 0 saturated carbocycles. The lowest BCUT2D eigenvalue weighted by atomic mass is 10.1. The topological polar surface area (TPSA) is 78.9 Å². The van der Waals surface area contributed by atoms with Crippen molar-refractivity contribution in [1.29, 1.82) is 0 Å². The molecule has 0 spiro atoms. The highest BCUT2D eigenvalue weighted by Gasteiger charge is 2.15. The van der Waals surface area contributed by atoms with E-state index in [0.717, 1.165) is 11.1 Å². The third-order valence-electron chi connectivity index (χ3n) is 4.29. The first-order valence-electron chi connectivity index (χ1n) is 8.68. The van der Waals surface area contributed by atoms with Gasteiger partial charge in [0.15, 0.2) is 0 Å². The average molecular weight is 411 g/mol. The van der Waals surface area contributed by atoms with Gasteiger partial charge in [-0.25, -0.2) is 4.79 Å². The van der Waals surface area contributed by atoms with E-state index in [2.05, 4.69) is 0 Å². The zero-order chi connectivity index (χ0) is 20.5. The number of benzene rings is 2. The quantitative estimate of drug-likeness (QED) is 0.318. The first-order valence-corrected chi connectivity index (χ1v) is 9.06. The average Bonchev–Trinajstić information content (AvgIpc) is 3.23.